The second-order valence-electron chi connectivity index (χ2n) is 3.60. The number of nitrogens with zero attached hydrogens (tertiary/aromatic N) is 2. The van der Waals surface area contributed by atoms with Crippen molar-refractivity contribution in [3.8, 4) is 6.07 Å². The smallest absolute Gasteiger partial charge is 0.226 e. The fraction of sp³-hybridized carbons (Fsp3) is 0.0769. The highest BCUT2D eigenvalue weighted by atomic mass is 32.2. The molecule has 18 heavy (non-hydrogen) atoms. The summed E-state index contributed by atoms with van der Waals surface area (Å²) in [6, 6.07) is 8.16. The lowest BCUT2D eigenvalue weighted by Crippen LogP contribution is -1.97. The summed E-state index contributed by atoms with van der Waals surface area (Å²) in [5, 5.41) is 8.95. The van der Waals surface area contributed by atoms with Crippen molar-refractivity contribution in [2.45, 2.75) is 11.8 Å². The molecule has 0 radical (unpaired) electrons. The molecule has 5 heteroatoms. The maximum atomic E-state index is 12.2. The van der Waals surface area contributed by atoms with Gasteiger partial charge in [0.25, 0.3) is 5.70 Å². The van der Waals surface area contributed by atoms with E-state index in [1.807, 2.05) is 0 Å². The Morgan fingerprint density at radius 1 is 1.44 bits per heavy atom. The average Bonchev–Trinajstić information content (AvgIpc) is 2.60. The summed E-state index contributed by atoms with van der Waals surface area (Å²) in [7, 11) is -3.60. The molecule has 0 saturated carbocycles. The van der Waals surface area contributed by atoms with Crippen molar-refractivity contribution in [3.05, 3.63) is 57.9 Å². The fourth-order valence-corrected chi connectivity index (χ4v) is 3.71. The standard InChI is InChI=1S/C13H8N2O2S/c1-3-11-13(10(8-14)15-2)9-6-4-5-7-12(9)18(11,16)17/h3-7H,1H3/b11-3-,13-10+. The zero-order valence-electron chi connectivity index (χ0n) is 9.51. The molecule has 0 aromatic heterocycles. The van der Waals surface area contributed by atoms with Crippen molar-refractivity contribution in [2.75, 3.05) is 0 Å². The molecule has 2 rings (SSSR count). The molecule has 0 fully saturated rings. The van der Waals surface area contributed by atoms with Crippen molar-refractivity contribution in [2.24, 2.45) is 0 Å². The Kier molecular flexibility index (Phi) is 2.78. The molecule has 0 atom stereocenters. The summed E-state index contributed by atoms with van der Waals surface area (Å²) in [6.45, 7) is 8.56. The van der Waals surface area contributed by atoms with Crippen LogP contribution in [0.15, 0.2) is 45.8 Å². The highest BCUT2D eigenvalue weighted by molar-refractivity contribution is 7.96. The summed E-state index contributed by atoms with van der Waals surface area (Å²) in [6.07, 6.45) is 1.42. The molecule has 0 N–H and O–H groups in total. The van der Waals surface area contributed by atoms with Crippen LogP contribution in [0.3, 0.4) is 0 Å². The Balaban J connectivity index is 3.00. The molecule has 0 aliphatic carbocycles. The second-order valence-corrected chi connectivity index (χ2v) is 5.49. The van der Waals surface area contributed by atoms with Gasteiger partial charge in [-0.1, -0.05) is 24.3 Å². The zero-order chi connectivity index (χ0) is 13.3. The summed E-state index contributed by atoms with van der Waals surface area (Å²) >= 11 is 0. The molecule has 1 heterocycles. The number of allylic oxidation sites excluding steroid dienone is 3. The molecular weight excluding hydrogens is 248 g/mol. The maximum absolute atomic E-state index is 12.2. The molecular formula is C13H8N2O2S. The number of rotatable bonds is 0. The van der Waals surface area contributed by atoms with Crippen LogP contribution < -0.4 is 0 Å². The molecule has 4 nitrogen and oxygen atoms in total. The molecule has 0 saturated heterocycles. The van der Waals surface area contributed by atoms with E-state index >= 15 is 0 Å². The van der Waals surface area contributed by atoms with E-state index in [2.05, 4.69) is 4.85 Å². The number of nitriles is 1. The molecule has 1 aromatic carbocycles. The normalized spacial score (nSPS) is 20.9. The lowest BCUT2D eigenvalue weighted by atomic mass is 10.0. The van der Waals surface area contributed by atoms with Gasteiger partial charge in [-0.15, -0.1) is 0 Å². The third-order valence-electron chi connectivity index (χ3n) is 2.70. The minimum atomic E-state index is -3.60. The Hall–Kier alpha value is -2.37. The Morgan fingerprint density at radius 2 is 2.11 bits per heavy atom. The molecule has 0 spiro atoms. The first-order valence-electron chi connectivity index (χ1n) is 5.11. The van der Waals surface area contributed by atoms with E-state index in [4.69, 9.17) is 11.8 Å². The van der Waals surface area contributed by atoms with Gasteiger partial charge < -0.3 is 0 Å². The van der Waals surface area contributed by atoms with Crippen molar-refractivity contribution >= 4 is 15.4 Å². The van der Waals surface area contributed by atoms with E-state index in [-0.39, 0.29) is 21.1 Å². The van der Waals surface area contributed by atoms with Gasteiger partial charge in [-0.05, 0) is 18.6 Å². The molecule has 1 aromatic rings. The maximum Gasteiger partial charge on any atom is 0.270 e. The van der Waals surface area contributed by atoms with Crippen LogP contribution in [0.1, 0.15) is 12.5 Å². The largest absolute Gasteiger partial charge is 0.270 e. The van der Waals surface area contributed by atoms with Gasteiger partial charge in [-0.25, -0.2) is 18.5 Å². The first kappa shape index (κ1) is 12.1. The third kappa shape index (κ3) is 1.46. The van der Waals surface area contributed by atoms with E-state index in [0.29, 0.717) is 5.56 Å². The average molecular weight is 256 g/mol. The molecule has 1 aliphatic rings. The summed E-state index contributed by atoms with van der Waals surface area (Å²) < 4.78 is 24.5. The van der Waals surface area contributed by atoms with Gasteiger partial charge in [0.2, 0.25) is 9.84 Å². The Bertz CT molecular complexity index is 756. The van der Waals surface area contributed by atoms with Crippen molar-refractivity contribution in [1.29, 1.82) is 5.26 Å². The first-order valence-corrected chi connectivity index (χ1v) is 6.59. The zero-order valence-corrected chi connectivity index (χ0v) is 10.3. The molecule has 1 aliphatic heterocycles. The topological polar surface area (TPSA) is 62.3 Å². The van der Waals surface area contributed by atoms with Crippen LogP contribution in [-0.2, 0) is 9.84 Å². The van der Waals surface area contributed by atoms with Crippen LogP contribution in [0.4, 0.5) is 0 Å². The van der Waals surface area contributed by atoms with E-state index in [0.717, 1.165) is 0 Å². The van der Waals surface area contributed by atoms with Gasteiger partial charge in [-0.2, -0.15) is 0 Å². The van der Waals surface area contributed by atoms with E-state index in [9.17, 15) is 8.42 Å². The number of hydrogen-bond acceptors (Lipinski definition) is 3. The van der Waals surface area contributed by atoms with E-state index in [1.165, 1.54) is 12.1 Å². The van der Waals surface area contributed by atoms with Gasteiger partial charge in [0.15, 0.2) is 0 Å². The van der Waals surface area contributed by atoms with Crippen LogP contribution in [0.25, 0.3) is 10.4 Å². The SMILES string of the molecule is [C-]#[N+]/C(C#N)=C1/C(=C/C)S(=O)(=O)c2ccccc21. The van der Waals surface area contributed by atoms with Gasteiger partial charge >= 0.3 is 0 Å². The van der Waals surface area contributed by atoms with Crippen LogP contribution in [-0.4, -0.2) is 8.42 Å². The van der Waals surface area contributed by atoms with Crippen molar-refractivity contribution < 1.29 is 8.42 Å². The van der Waals surface area contributed by atoms with Crippen LogP contribution >= 0.6 is 0 Å². The number of sulfone groups is 1. The van der Waals surface area contributed by atoms with Crippen LogP contribution in [0.2, 0.25) is 0 Å². The summed E-state index contributed by atoms with van der Waals surface area (Å²) in [4.78, 5) is 3.31. The molecule has 88 valence electrons. The molecule has 0 bridgehead atoms. The quantitative estimate of drug-likeness (QED) is 0.529. The molecule has 0 amide bonds. The second kappa shape index (κ2) is 4.14. The predicted molar refractivity (Wildman–Crippen MR) is 66.5 cm³/mol. The van der Waals surface area contributed by atoms with E-state index < -0.39 is 9.84 Å². The lowest BCUT2D eigenvalue weighted by Gasteiger charge is -1.99. The highest BCUT2D eigenvalue weighted by Crippen LogP contribution is 2.44. The summed E-state index contributed by atoms with van der Waals surface area (Å²) in [5.41, 5.74) is 0.445. The molecule has 0 unspecified atom stereocenters. The third-order valence-corrected chi connectivity index (χ3v) is 4.65. The van der Waals surface area contributed by atoms with Crippen molar-refractivity contribution in [1.82, 2.24) is 0 Å². The van der Waals surface area contributed by atoms with E-state index in [1.54, 1.807) is 31.2 Å². The number of hydrogen-bond donors (Lipinski definition) is 0. The van der Waals surface area contributed by atoms with Crippen LogP contribution in [0.5, 0.6) is 0 Å². The predicted octanol–water partition coefficient (Wildman–Crippen LogP) is 2.53. The Labute approximate surface area is 105 Å². The fourth-order valence-electron chi connectivity index (χ4n) is 1.97. The monoisotopic (exact) mass is 256 g/mol. The van der Waals surface area contributed by atoms with Gasteiger partial charge in [0.05, 0.1) is 22.4 Å². The van der Waals surface area contributed by atoms with Gasteiger partial charge in [-0.3, -0.25) is 0 Å². The van der Waals surface area contributed by atoms with Gasteiger partial charge in [0, 0.05) is 5.57 Å². The van der Waals surface area contributed by atoms with Crippen molar-refractivity contribution in [3.63, 3.8) is 0 Å². The Morgan fingerprint density at radius 3 is 2.67 bits per heavy atom. The van der Waals surface area contributed by atoms with Gasteiger partial charge in [0.1, 0.15) is 0 Å². The summed E-state index contributed by atoms with van der Waals surface area (Å²) in [5.74, 6) is 0. The lowest BCUT2D eigenvalue weighted by molar-refractivity contribution is 0.604. The number of benzene rings is 1. The minimum absolute atomic E-state index is 0.0382. The van der Waals surface area contributed by atoms with Crippen LogP contribution in [0, 0.1) is 17.9 Å². The highest BCUT2D eigenvalue weighted by Gasteiger charge is 2.36. The minimum Gasteiger partial charge on any atom is -0.226 e. The first-order chi connectivity index (χ1) is 8.57. The number of fused-ring (bicyclic) bond motifs is 1.